The summed E-state index contributed by atoms with van der Waals surface area (Å²) >= 11 is 6.06. The van der Waals surface area contributed by atoms with Crippen LogP contribution in [0.25, 0.3) is 0 Å². The molecule has 0 atom stereocenters. The lowest BCUT2D eigenvalue weighted by Gasteiger charge is -2.23. The van der Waals surface area contributed by atoms with Gasteiger partial charge in [-0.3, -0.25) is 9.59 Å². The minimum absolute atomic E-state index is 0.0124. The lowest BCUT2D eigenvalue weighted by atomic mass is 10.0. The van der Waals surface area contributed by atoms with Gasteiger partial charge >= 0.3 is 0 Å². The molecular formula is C21H23ClN2O3. The zero-order valence-corrected chi connectivity index (χ0v) is 15.8. The Hall–Kier alpha value is -2.37. The van der Waals surface area contributed by atoms with E-state index >= 15 is 0 Å². The van der Waals surface area contributed by atoms with Crippen molar-refractivity contribution in [2.45, 2.75) is 32.2 Å². The number of nitrogens with zero attached hydrogens (tertiary/aromatic N) is 1. The fourth-order valence-corrected chi connectivity index (χ4v) is 3.47. The quantitative estimate of drug-likeness (QED) is 0.796. The van der Waals surface area contributed by atoms with Crippen LogP contribution in [0.5, 0.6) is 0 Å². The molecule has 0 spiro atoms. The third kappa shape index (κ3) is 5.08. The Morgan fingerprint density at radius 1 is 1.19 bits per heavy atom. The lowest BCUT2D eigenvalue weighted by molar-refractivity contribution is -0.116. The number of hydrogen-bond donors (Lipinski definition) is 2. The average Bonchev–Trinajstić information content (AvgIpc) is 2.84. The number of aliphatic hydroxyl groups excluding tert-OH is 1. The van der Waals surface area contributed by atoms with E-state index in [4.69, 9.17) is 11.6 Å². The smallest absolute Gasteiger partial charge is 0.254 e. The van der Waals surface area contributed by atoms with Gasteiger partial charge in [-0.1, -0.05) is 23.7 Å². The standard InChI is InChI=1S/C21H23ClN2O3/c22-18-6-1-4-15(12-18)14-24(10-3-11-25)21(27)17-8-9-19-16(13-17)5-2-7-20(26)23-19/h1,4,6,8-9,12-13,25H,2-3,5,7,10-11,14H2,(H,23,26). The second-order valence-electron chi connectivity index (χ2n) is 6.71. The van der Waals surface area contributed by atoms with E-state index in [1.54, 1.807) is 23.1 Å². The number of carbonyl (C=O) groups is 2. The monoisotopic (exact) mass is 386 g/mol. The molecule has 1 aliphatic heterocycles. The van der Waals surface area contributed by atoms with Gasteiger partial charge in [-0.15, -0.1) is 0 Å². The molecule has 3 rings (SSSR count). The SMILES string of the molecule is O=C1CCCc2cc(C(=O)N(CCCO)Cc3cccc(Cl)c3)ccc2N1. The van der Waals surface area contributed by atoms with Gasteiger partial charge in [0.15, 0.2) is 0 Å². The number of aliphatic hydroxyl groups is 1. The summed E-state index contributed by atoms with van der Waals surface area (Å²) in [6.07, 6.45) is 2.54. The van der Waals surface area contributed by atoms with Crippen LogP contribution >= 0.6 is 11.6 Å². The Kier molecular flexibility index (Phi) is 6.48. The molecule has 2 aromatic carbocycles. The van der Waals surface area contributed by atoms with E-state index < -0.39 is 0 Å². The number of carbonyl (C=O) groups excluding carboxylic acids is 2. The van der Waals surface area contributed by atoms with Crippen molar-refractivity contribution in [2.75, 3.05) is 18.5 Å². The summed E-state index contributed by atoms with van der Waals surface area (Å²) in [4.78, 5) is 26.5. The molecule has 0 fully saturated rings. The van der Waals surface area contributed by atoms with Crippen molar-refractivity contribution >= 4 is 29.1 Å². The molecule has 5 nitrogen and oxygen atoms in total. The van der Waals surface area contributed by atoms with E-state index in [9.17, 15) is 14.7 Å². The predicted molar refractivity (Wildman–Crippen MR) is 106 cm³/mol. The van der Waals surface area contributed by atoms with Gasteiger partial charge in [0.2, 0.25) is 5.91 Å². The number of halogens is 1. The van der Waals surface area contributed by atoms with Crippen molar-refractivity contribution in [1.29, 1.82) is 0 Å². The Bertz CT molecular complexity index is 838. The first-order valence-corrected chi connectivity index (χ1v) is 9.52. The largest absolute Gasteiger partial charge is 0.396 e. The van der Waals surface area contributed by atoms with E-state index in [-0.39, 0.29) is 18.4 Å². The Morgan fingerprint density at radius 2 is 2.04 bits per heavy atom. The zero-order valence-electron chi connectivity index (χ0n) is 15.1. The zero-order chi connectivity index (χ0) is 19.2. The predicted octanol–water partition coefficient (Wildman–Crippen LogP) is 3.64. The average molecular weight is 387 g/mol. The van der Waals surface area contributed by atoms with E-state index in [1.165, 1.54) is 0 Å². The first-order valence-electron chi connectivity index (χ1n) is 9.14. The first-order chi connectivity index (χ1) is 13.1. The summed E-state index contributed by atoms with van der Waals surface area (Å²) < 4.78 is 0. The number of anilines is 1. The Balaban J connectivity index is 1.83. The Morgan fingerprint density at radius 3 is 2.81 bits per heavy atom. The van der Waals surface area contributed by atoms with Gasteiger partial charge in [0.05, 0.1) is 0 Å². The fraction of sp³-hybridized carbons (Fsp3) is 0.333. The molecule has 27 heavy (non-hydrogen) atoms. The van der Waals surface area contributed by atoms with Crippen molar-refractivity contribution in [3.8, 4) is 0 Å². The summed E-state index contributed by atoms with van der Waals surface area (Å²) in [5, 5.41) is 12.7. The maximum atomic E-state index is 13.1. The van der Waals surface area contributed by atoms with Crippen molar-refractivity contribution in [2.24, 2.45) is 0 Å². The number of aryl methyl sites for hydroxylation is 1. The van der Waals surface area contributed by atoms with Crippen LogP contribution in [0, 0.1) is 0 Å². The maximum absolute atomic E-state index is 13.1. The fourth-order valence-electron chi connectivity index (χ4n) is 3.26. The molecule has 1 heterocycles. The van der Waals surface area contributed by atoms with Gasteiger partial charge in [0, 0.05) is 42.4 Å². The third-order valence-corrected chi connectivity index (χ3v) is 4.85. The van der Waals surface area contributed by atoms with Crippen molar-refractivity contribution in [1.82, 2.24) is 4.90 Å². The number of benzene rings is 2. The number of fused-ring (bicyclic) bond motifs is 1. The molecule has 2 N–H and O–H groups in total. The molecule has 0 unspecified atom stereocenters. The Labute approximate surface area is 163 Å². The van der Waals surface area contributed by atoms with Crippen LogP contribution in [0.3, 0.4) is 0 Å². The van der Waals surface area contributed by atoms with Crippen LogP contribution in [-0.2, 0) is 17.8 Å². The van der Waals surface area contributed by atoms with Crippen molar-refractivity contribution in [3.63, 3.8) is 0 Å². The normalized spacial score (nSPS) is 13.5. The van der Waals surface area contributed by atoms with Crippen LogP contribution in [0.2, 0.25) is 5.02 Å². The highest BCUT2D eigenvalue weighted by atomic mass is 35.5. The number of nitrogens with one attached hydrogen (secondary N) is 1. The molecule has 2 aromatic rings. The molecule has 142 valence electrons. The topological polar surface area (TPSA) is 69.6 Å². The van der Waals surface area contributed by atoms with Gasteiger partial charge < -0.3 is 15.3 Å². The number of amides is 2. The van der Waals surface area contributed by atoms with Crippen LogP contribution in [-0.4, -0.2) is 35.0 Å². The summed E-state index contributed by atoms with van der Waals surface area (Å²) in [6, 6.07) is 12.8. The summed E-state index contributed by atoms with van der Waals surface area (Å²) in [7, 11) is 0. The first kappa shape index (κ1) is 19.4. The molecule has 0 bridgehead atoms. The molecule has 0 aliphatic carbocycles. The number of hydrogen-bond acceptors (Lipinski definition) is 3. The summed E-state index contributed by atoms with van der Waals surface area (Å²) in [5.41, 5.74) is 3.29. The second kappa shape index (κ2) is 9.02. The van der Waals surface area contributed by atoms with Crippen LogP contribution < -0.4 is 5.32 Å². The van der Waals surface area contributed by atoms with Gasteiger partial charge in [0.25, 0.3) is 5.91 Å². The molecule has 0 aromatic heterocycles. The van der Waals surface area contributed by atoms with E-state index in [2.05, 4.69) is 5.32 Å². The minimum Gasteiger partial charge on any atom is -0.396 e. The van der Waals surface area contributed by atoms with Gasteiger partial charge in [-0.05, 0) is 60.7 Å². The van der Waals surface area contributed by atoms with Crippen molar-refractivity contribution < 1.29 is 14.7 Å². The second-order valence-corrected chi connectivity index (χ2v) is 7.14. The van der Waals surface area contributed by atoms with E-state index in [1.807, 2.05) is 24.3 Å². The van der Waals surface area contributed by atoms with Gasteiger partial charge in [0.1, 0.15) is 0 Å². The summed E-state index contributed by atoms with van der Waals surface area (Å²) in [6.45, 7) is 0.901. The molecule has 6 heteroatoms. The highest BCUT2D eigenvalue weighted by molar-refractivity contribution is 6.30. The number of rotatable bonds is 6. The third-order valence-electron chi connectivity index (χ3n) is 4.61. The van der Waals surface area contributed by atoms with Gasteiger partial charge in [-0.25, -0.2) is 0 Å². The lowest BCUT2D eigenvalue weighted by Crippen LogP contribution is -2.32. The molecule has 0 radical (unpaired) electrons. The summed E-state index contributed by atoms with van der Waals surface area (Å²) in [5.74, 6) is -0.0832. The maximum Gasteiger partial charge on any atom is 0.254 e. The van der Waals surface area contributed by atoms with Crippen LogP contribution in [0.4, 0.5) is 5.69 Å². The highest BCUT2D eigenvalue weighted by Crippen LogP contribution is 2.24. The molecule has 0 saturated carbocycles. The van der Waals surface area contributed by atoms with E-state index in [0.29, 0.717) is 36.5 Å². The van der Waals surface area contributed by atoms with Crippen molar-refractivity contribution in [3.05, 3.63) is 64.2 Å². The molecular weight excluding hydrogens is 364 g/mol. The van der Waals surface area contributed by atoms with Crippen LogP contribution in [0.15, 0.2) is 42.5 Å². The molecule has 1 aliphatic rings. The molecule has 2 amide bonds. The van der Waals surface area contributed by atoms with E-state index in [0.717, 1.165) is 29.7 Å². The minimum atomic E-state index is -0.0956. The molecule has 0 saturated heterocycles. The van der Waals surface area contributed by atoms with Gasteiger partial charge in [-0.2, -0.15) is 0 Å². The highest BCUT2D eigenvalue weighted by Gasteiger charge is 2.19. The van der Waals surface area contributed by atoms with Crippen LogP contribution in [0.1, 0.15) is 40.7 Å².